The first kappa shape index (κ1) is 8.04. The highest BCUT2D eigenvalue weighted by Crippen LogP contribution is 2.22. The normalized spacial score (nSPS) is 10.6. The summed E-state index contributed by atoms with van der Waals surface area (Å²) in [4.78, 5) is 3.93. The molecule has 0 amide bonds. The predicted octanol–water partition coefficient (Wildman–Crippen LogP) is 2.37. The number of hydrogen-bond donors (Lipinski definition) is 0. The molecular weight excluding hydrogens is 173 g/mol. The van der Waals surface area contributed by atoms with Crippen molar-refractivity contribution in [2.45, 2.75) is 6.92 Å². The molecule has 0 saturated heterocycles. The van der Waals surface area contributed by atoms with Crippen molar-refractivity contribution >= 4 is 11.1 Å². The second kappa shape index (κ2) is 3.05. The summed E-state index contributed by atoms with van der Waals surface area (Å²) in [7, 11) is 0. The van der Waals surface area contributed by atoms with Gasteiger partial charge in [-0.1, -0.05) is 6.07 Å². The summed E-state index contributed by atoms with van der Waals surface area (Å²) in [6.45, 7) is 2.26. The predicted molar refractivity (Wildman–Crippen MR) is 45.1 cm³/mol. The Morgan fingerprint density at radius 2 is 2.38 bits per heavy atom. The Bertz CT molecular complexity index is 424. The summed E-state index contributed by atoms with van der Waals surface area (Å²) in [5.41, 5.74) is 0.620. The molecule has 1 aromatic carbocycles. The molecule has 1 aromatic heterocycles. The van der Waals surface area contributed by atoms with Crippen LogP contribution in [0, 0.1) is 5.82 Å². The van der Waals surface area contributed by atoms with Gasteiger partial charge in [-0.15, -0.1) is 0 Å². The van der Waals surface area contributed by atoms with Crippen LogP contribution >= 0.6 is 0 Å². The van der Waals surface area contributed by atoms with Crippen molar-refractivity contribution in [3.63, 3.8) is 0 Å². The number of para-hydroxylation sites is 1. The van der Waals surface area contributed by atoms with Gasteiger partial charge in [-0.2, -0.15) is 4.98 Å². The van der Waals surface area contributed by atoms with Gasteiger partial charge in [0, 0.05) is 0 Å². The van der Waals surface area contributed by atoms with Crippen LogP contribution in [0.4, 0.5) is 4.39 Å². The van der Waals surface area contributed by atoms with E-state index in [4.69, 9.17) is 9.15 Å². The van der Waals surface area contributed by atoms with Crippen LogP contribution in [-0.2, 0) is 0 Å². The minimum atomic E-state index is -0.420. The molecule has 68 valence electrons. The fourth-order valence-corrected chi connectivity index (χ4v) is 1.08. The zero-order valence-corrected chi connectivity index (χ0v) is 7.08. The first-order valence-corrected chi connectivity index (χ1v) is 3.99. The zero-order chi connectivity index (χ0) is 9.26. The third-order valence-corrected chi connectivity index (χ3v) is 1.62. The minimum absolute atomic E-state index is 0.114. The molecule has 0 fully saturated rings. The Morgan fingerprint density at radius 3 is 3.08 bits per heavy atom. The van der Waals surface area contributed by atoms with Gasteiger partial charge in [0.05, 0.1) is 6.61 Å². The maximum atomic E-state index is 13.1. The Hall–Kier alpha value is -1.58. The zero-order valence-electron chi connectivity index (χ0n) is 7.08. The standard InChI is InChI=1S/C9H8FNO2/c1-2-12-9-11-7-5-3-4-6(10)8(7)13-9/h3-5H,2H2,1H3. The third-order valence-electron chi connectivity index (χ3n) is 1.62. The smallest absolute Gasteiger partial charge is 0.394 e. The number of nitrogens with zero attached hydrogens (tertiary/aromatic N) is 1. The van der Waals surface area contributed by atoms with Crippen LogP contribution in [0.2, 0.25) is 0 Å². The first-order chi connectivity index (χ1) is 6.31. The van der Waals surface area contributed by atoms with Crippen molar-refractivity contribution in [1.29, 1.82) is 0 Å². The highest BCUT2D eigenvalue weighted by atomic mass is 19.1. The molecule has 4 heteroatoms. The molecule has 0 saturated carbocycles. The van der Waals surface area contributed by atoms with E-state index in [0.717, 1.165) is 0 Å². The van der Waals surface area contributed by atoms with Gasteiger partial charge in [-0.05, 0) is 19.1 Å². The van der Waals surface area contributed by atoms with Gasteiger partial charge in [0.1, 0.15) is 5.52 Å². The van der Waals surface area contributed by atoms with Crippen LogP contribution < -0.4 is 4.74 Å². The van der Waals surface area contributed by atoms with Crippen LogP contribution in [0.5, 0.6) is 6.08 Å². The summed E-state index contributed by atoms with van der Waals surface area (Å²) in [5, 5.41) is 0. The van der Waals surface area contributed by atoms with Crippen molar-refractivity contribution < 1.29 is 13.5 Å². The number of oxazole rings is 1. The van der Waals surface area contributed by atoms with E-state index < -0.39 is 5.82 Å². The van der Waals surface area contributed by atoms with Gasteiger partial charge in [-0.25, -0.2) is 4.39 Å². The summed E-state index contributed by atoms with van der Waals surface area (Å²) in [6, 6.07) is 4.57. The molecule has 0 aliphatic rings. The van der Waals surface area contributed by atoms with Gasteiger partial charge < -0.3 is 9.15 Å². The Kier molecular flexibility index (Phi) is 1.88. The molecule has 2 rings (SSSR count). The van der Waals surface area contributed by atoms with Gasteiger partial charge in [0.15, 0.2) is 11.4 Å². The summed E-state index contributed by atoms with van der Waals surface area (Å²) >= 11 is 0. The molecule has 13 heavy (non-hydrogen) atoms. The second-order valence-electron chi connectivity index (χ2n) is 2.50. The third kappa shape index (κ3) is 1.35. The van der Waals surface area contributed by atoms with Crippen LogP contribution in [0.25, 0.3) is 11.1 Å². The van der Waals surface area contributed by atoms with E-state index in [-0.39, 0.29) is 11.7 Å². The largest absolute Gasteiger partial charge is 0.450 e. The van der Waals surface area contributed by atoms with E-state index in [9.17, 15) is 4.39 Å². The lowest BCUT2D eigenvalue weighted by atomic mass is 10.3. The van der Waals surface area contributed by atoms with Gasteiger partial charge in [-0.3, -0.25) is 0 Å². The molecule has 3 nitrogen and oxygen atoms in total. The number of ether oxygens (including phenoxy) is 1. The highest BCUT2D eigenvalue weighted by Gasteiger charge is 2.09. The molecule has 1 heterocycles. The average molecular weight is 181 g/mol. The second-order valence-corrected chi connectivity index (χ2v) is 2.50. The number of aromatic nitrogens is 1. The fourth-order valence-electron chi connectivity index (χ4n) is 1.08. The number of benzene rings is 1. The van der Waals surface area contributed by atoms with Crippen molar-refractivity contribution in [3.05, 3.63) is 24.0 Å². The lowest BCUT2D eigenvalue weighted by Crippen LogP contribution is -1.89. The van der Waals surface area contributed by atoms with E-state index in [2.05, 4.69) is 4.98 Å². The molecule has 0 spiro atoms. The molecule has 0 bridgehead atoms. The lowest BCUT2D eigenvalue weighted by molar-refractivity contribution is 0.250. The average Bonchev–Trinajstić information content (AvgIpc) is 2.49. The van der Waals surface area contributed by atoms with Crippen molar-refractivity contribution in [1.82, 2.24) is 4.98 Å². The van der Waals surface area contributed by atoms with Crippen LogP contribution in [0.15, 0.2) is 22.6 Å². The van der Waals surface area contributed by atoms with E-state index in [1.54, 1.807) is 12.1 Å². The Morgan fingerprint density at radius 1 is 1.54 bits per heavy atom. The molecule has 0 atom stereocenters. The van der Waals surface area contributed by atoms with Gasteiger partial charge >= 0.3 is 6.08 Å². The van der Waals surface area contributed by atoms with E-state index in [1.807, 2.05) is 6.92 Å². The SMILES string of the molecule is CCOc1nc2cccc(F)c2o1. The molecular formula is C9H8FNO2. The van der Waals surface area contributed by atoms with Crippen molar-refractivity contribution in [3.8, 4) is 6.08 Å². The minimum Gasteiger partial charge on any atom is -0.450 e. The molecule has 0 unspecified atom stereocenters. The van der Waals surface area contributed by atoms with Crippen molar-refractivity contribution in [2.75, 3.05) is 6.61 Å². The Balaban J connectivity index is 2.55. The molecule has 2 aromatic rings. The van der Waals surface area contributed by atoms with E-state index in [1.165, 1.54) is 6.07 Å². The van der Waals surface area contributed by atoms with E-state index in [0.29, 0.717) is 12.1 Å². The Labute approximate surface area is 74.1 Å². The van der Waals surface area contributed by atoms with Crippen LogP contribution in [-0.4, -0.2) is 11.6 Å². The quantitative estimate of drug-likeness (QED) is 0.713. The lowest BCUT2D eigenvalue weighted by Gasteiger charge is -1.91. The number of fused-ring (bicyclic) bond motifs is 1. The topological polar surface area (TPSA) is 35.3 Å². The molecule has 0 aliphatic heterocycles. The van der Waals surface area contributed by atoms with Gasteiger partial charge in [0.25, 0.3) is 0 Å². The summed E-state index contributed by atoms with van der Waals surface area (Å²) < 4.78 is 23.1. The van der Waals surface area contributed by atoms with Gasteiger partial charge in [0.2, 0.25) is 0 Å². The molecule has 0 aliphatic carbocycles. The van der Waals surface area contributed by atoms with Crippen LogP contribution in [0.1, 0.15) is 6.92 Å². The van der Waals surface area contributed by atoms with E-state index >= 15 is 0 Å². The first-order valence-electron chi connectivity index (χ1n) is 3.99. The number of halogens is 1. The van der Waals surface area contributed by atoms with Crippen LogP contribution in [0.3, 0.4) is 0 Å². The summed E-state index contributed by atoms with van der Waals surface area (Å²) in [6.07, 6.45) is 0.114. The summed E-state index contributed by atoms with van der Waals surface area (Å²) in [5.74, 6) is -0.420. The highest BCUT2D eigenvalue weighted by molar-refractivity contribution is 5.73. The molecule has 0 N–H and O–H groups in total. The number of hydrogen-bond acceptors (Lipinski definition) is 3. The fraction of sp³-hybridized carbons (Fsp3) is 0.222. The monoisotopic (exact) mass is 181 g/mol. The van der Waals surface area contributed by atoms with Crippen molar-refractivity contribution in [2.24, 2.45) is 0 Å². The maximum Gasteiger partial charge on any atom is 0.394 e. The maximum absolute atomic E-state index is 13.1. The molecule has 0 radical (unpaired) electrons. The number of rotatable bonds is 2.